The van der Waals surface area contributed by atoms with Gasteiger partial charge < -0.3 is 0 Å². The van der Waals surface area contributed by atoms with Gasteiger partial charge in [0.1, 0.15) is 0 Å². The molecule has 1 aromatic carbocycles. The predicted octanol–water partition coefficient (Wildman–Crippen LogP) is 3.21. The Morgan fingerprint density at radius 2 is 2.00 bits per heavy atom. The number of hydrazine groups is 1. The molecule has 0 aliphatic carbocycles. The maximum absolute atomic E-state index is 5.69. The van der Waals surface area contributed by atoms with Crippen molar-refractivity contribution in [3.05, 3.63) is 55.3 Å². The Balaban J connectivity index is 2.45. The molecule has 0 saturated carbocycles. The number of nitrogens with two attached hydrogens (primary N) is 1. The monoisotopic (exact) mass is 344 g/mol. The van der Waals surface area contributed by atoms with Gasteiger partial charge in [0.15, 0.2) is 0 Å². The van der Waals surface area contributed by atoms with E-state index in [1.165, 1.54) is 19.6 Å². The van der Waals surface area contributed by atoms with E-state index in [4.69, 9.17) is 5.84 Å². The van der Waals surface area contributed by atoms with Crippen LogP contribution >= 0.6 is 33.9 Å². The largest absolute Gasteiger partial charge is 0.271 e. The van der Waals surface area contributed by atoms with Crippen molar-refractivity contribution >= 4 is 33.9 Å². The Morgan fingerprint density at radius 1 is 1.25 bits per heavy atom. The van der Waals surface area contributed by atoms with E-state index in [9.17, 15) is 0 Å². The molecule has 0 spiro atoms. The lowest BCUT2D eigenvalue weighted by molar-refractivity contribution is 0.633. The smallest absolute Gasteiger partial charge is 0.0730 e. The maximum atomic E-state index is 5.69. The average molecular weight is 344 g/mol. The zero-order valence-corrected chi connectivity index (χ0v) is 11.9. The third-order valence-electron chi connectivity index (χ3n) is 2.59. The third-order valence-corrected chi connectivity index (χ3v) is 4.44. The highest BCUT2D eigenvalue weighted by atomic mass is 127. The highest BCUT2D eigenvalue weighted by Crippen LogP contribution is 2.29. The van der Waals surface area contributed by atoms with Crippen molar-refractivity contribution in [1.29, 1.82) is 0 Å². The Morgan fingerprint density at radius 3 is 2.56 bits per heavy atom. The number of rotatable bonds is 3. The summed E-state index contributed by atoms with van der Waals surface area (Å²) in [6.45, 7) is 2.13. The van der Waals surface area contributed by atoms with Gasteiger partial charge in [-0.3, -0.25) is 5.84 Å². The fourth-order valence-electron chi connectivity index (χ4n) is 1.75. The van der Waals surface area contributed by atoms with Gasteiger partial charge in [0.2, 0.25) is 0 Å². The van der Waals surface area contributed by atoms with Crippen LogP contribution in [0.2, 0.25) is 0 Å². The van der Waals surface area contributed by atoms with Gasteiger partial charge in [0.25, 0.3) is 0 Å². The molecule has 16 heavy (non-hydrogen) atoms. The average Bonchev–Trinajstić information content (AvgIpc) is 2.69. The highest BCUT2D eigenvalue weighted by Gasteiger charge is 2.17. The summed E-state index contributed by atoms with van der Waals surface area (Å²) >= 11 is 4.09. The zero-order chi connectivity index (χ0) is 11.5. The summed E-state index contributed by atoms with van der Waals surface area (Å²) < 4.78 is 1.23. The first kappa shape index (κ1) is 12.0. The third kappa shape index (κ3) is 2.29. The molecule has 4 heteroatoms. The van der Waals surface area contributed by atoms with Gasteiger partial charge in [-0.15, -0.1) is 11.3 Å². The Kier molecular flexibility index (Phi) is 3.96. The number of halogens is 1. The van der Waals surface area contributed by atoms with Crippen LogP contribution in [0.15, 0.2) is 35.7 Å². The molecule has 2 nitrogen and oxygen atoms in total. The molecule has 1 unspecified atom stereocenters. The molecule has 2 aromatic rings. The molecule has 0 fully saturated rings. The lowest BCUT2D eigenvalue weighted by atomic mass is 10.0. The molecule has 0 aliphatic heterocycles. The molecule has 3 N–H and O–H groups in total. The number of hydrogen-bond acceptors (Lipinski definition) is 3. The first-order valence-electron chi connectivity index (χ1n) is 4.98. The summed E-state index contributed by atoms with van der Waals surface area (Å²) in [4.78, 5) is 1.31. The Labute approximate surface area is 113 Å². The Hall–Kier alpha value is -0.430. The Bertz CT molecular complexity index is 481. The predicted molar refractivity (Wildman–Crippen MR) is 77.4 cm³/mol. The number of thiophene rings is 1. The lowest BCUT2D eigenvalue weighted by Crippen LogP contribution is -2.29. The van der Waals surface area contributed by atoms with E-state index < -0.39 is 0 Å². The molecule has 1 aromatic heterocycles. The van der Waals surface area contributed by atoms with Gasteiger partial charge in [-0.1, -0.05) is 18.2 Å². The van der Waals surface area contributed by atoms with Crippen LogP contribution < -0.4 is 11.3 Å². The molecule has 1 heterocycles. The van der Waals surface area contributed by atoms with Crippen molar-refractivity contribution in [1.82, 2.24) is 5.43 Å². The van der Waals surface area contributed by atoms with E-state index in [-0.39, 0.29) is 6.04 Å². The van der Waals surface area contributed by atoms with Gasteiger partial charge in [-0.25, -0.2) is 5.43 Å². The quantitative estimate of drug-likeness (QED) is 0.510. The molecule has 0 radical (unpaired) electrons. The van der Waals surface area contributed by atoms with Crippen LogP contribution in [0.1, 0.15) is 22.0 Å². The molecule has 0 bridgehead atoms. The van der Waals surface area contributed by atoms with Crippen molar-refractivity contribution in [2.45, 2.75) is 13.0 Å². The number of nitrogens with one attached hydrogen (secondary N) is 1. The minimum Gasteiger partial charge on any atom is -0.271 e. The topological polar surface area (TPSA) is 38.0 Å². The summed E-state index contributed by atoms with van der Waals surface area (Å²) in [6, 6.07) is 10.5. The van der Waals surface area contributed by atoms with Crippen molar-refractivity contribution in [3.8, 4) is 0 Å². The molecule has 84 valence electrons. The summed E-state index contributed by atoms with van der Waals surface area (Å²) in [5, 5.41) is 2.10. The lowest BCUT2D eigenvalue weighted by Gasteiger charge is -2.18. The fourth-order valence-corrected chi connectivity index (χ4v) is 3.19. The van der Waals surface area contributed by atoms with Crippen LogP contribution in [-0.2, 0) is 0 Å². The summed E-state index contributed by atoms with van der Waals surface area (Å²) in [6.07, 6.45) is 0. The minimum atomic E-state index is 0.0827. The van der Waals surface area contributed by atoms with E-state index in [1.54, 1.807) is 11.3 Å². The molecule has 2 rings (SSSR count). The number of hydrogen-bond donors (Lipinski definition) is 2. The summed E-state index contributed by atoms with van der Waals surface area (Å²) in [5.41, 5.74) is 5.39. The highest BCUT2D eigenvalue weighted by molar-refractivity contribution is 14.1. The molecular weight excluding hydrogens is 331 g/mol. The summed E-state index contributed by atoms with van der Waals surface area (Å²) in [7, 11) is 0. The van der Waals surface area contributed by atoms with Crippen molar-refractivity contribution in [2.75, 3.05) is 0 Å². The molecule has 1 atom stereocenters. The van der Waals surface area contributed by atoms with Gasteiger partial charge >= 0.3 is 0 Å². The minimum absolute atomic E-state index is 0.0827. The van der Waals surface area contributed by atoms with Crippen LogP contribution in [-0.4, -0.2) is 0 Å². The van der Waals surface area contributed by atoms with E-state index in [1.807, 2.05) is 12.1 Å². The van der Waals surface area contributed by atoms with Crippen LogP contribution in [0.5, 0.6) is 0 Å². The van der Waals surface area contributed by atoms with Gasteiger partial charge in [0.05, 0.1) is 6.04 Å². The molecule has 0 saturated heterocycles. The number of aryl methyl sites for hydroxylation is 1. The second-order valence-corrected chi connectivity index (χ2v) is 5.84. The summed E-state index contributed by atoms with van der Waals surface area (Å²) in [5.74, 6) is 5.69. The zero-order valence-electron chi connectivity index (χ0n) is 8.91. The second kappa shape index (κ2) is 5.27. The van der Waals surface area contributed by atoms with E-state index in [0.29, 0.717) is 0 Å². The molecular formula is C12H13IN2S. The standard InChI is InChI=1S/C12H13IN2S/c1-8-9(6-7-16-8)12(15-14)10-4-2-3-5-11(10)13/h2-7,12,15H,14H2,1H3. The first-order chi connectivity index (χ1) is 7.74. The first-order valence-corrected chi connectivity index (χ1v) is 6.94. The van der Waals surface area contributed by atoms with Gasteiger partial charge in [0, 0.05) is 8.45 Å². The maximum Gasteiger partial charge on any atom is 0.0730 e. The van der Waals surface area contributed by atoms with Gasteiger partial charge in [-0.2, -0.15) is 0 Å². The molecule has 0 aliphatic rings. The fraction of sp³-hybridized carbons (Fsp3) is 0.167. The second-order valence-electron chi connectivity index (χ2n) is 3.55. The van der Waals surface area contributed by atoms with E-state index in [0.717, 1.165) is 0 Å². The normalized spacial score (nSPS) is 12.7. The van der Waals surface area contributed by atoms with Crippen LogP contribution in [0.25, 0.3) is 0 Å². The van der Waals surface area contributed by atoms with Crippen LogP contribution in [0, 0.1) is 10.5 Å². The van der Waals surface area contributed by atoms with E-state index >= 15 is 0 Å². The SMILES string of the molecule is Cc1sccc1C(NN)c1ccccc1I. The van der Waals surface area contributed by atoms with Crippen molar-refractivity contribution < 1.29 is 0 Å². The van der Waals surface area contributed by atoms with Crippen molar-refractivity contribution in [3.63, 3.8) is 0 Å². The number of benzene rings is 1. The van der Waals surface area contributed by atoms with Crippen molar-refractivity contribution in [2.24, 2.45) is 5.84 Å². The van der Waals surface area contributed by atoms with Crippen LogP contribution in [0.3, 0.4) is 0 Å². The van der Waals surface area contributed by atoms with Crippen LogP contribution in [0.4, 0.5) is 0 Å². The van der Waals surface area contributed by atoms with Gasteiger partial charge in [-0.05, 0) is 58.2 Å². The molecule has 0 amide bonds. The van der Waals surface area contributed by atoms with E-state index in [2.05, 4.69) is 58.5 Å².